The quantitative estimate of drug-likeness (QED) is 0.709. The van der Waals surface area contributed by atoms with Gasteiger partial charge in [-0.05, 0) is 29.1 Å². The Balaban J connectivity index is 2.00. The van der Waals surface area contributed by atoms with Crippen LogP contribution < -0.4 is 17.0 Å². The first-order valence-corrected chi connectivity index (χ1v) is 7.05. The third-order valence-electron chi connectivity index (χ3n) is 3.21. The topological polar surface area (TPSA) is 104 Å². The second-order valence-corrected chi connectivity index (χ2v) is 5.51. The largest absolute Gasteiger partial charge is 0.398 e. The molecule has 0 fully saturated rings. The minimum absolute atomic E-state index is 0.103. The molecule has 0 aliphatic carbocycles. The van der Waals surface area contributed by atoms with E-state index < -0.39 is 5.91 Å². The molecule has 0 spiro atoms. The lowest BCUT2D eigenvalue weighted by molar-refractivity contribution is 0.100. The van der Waals surface area contributed by atoms with Crippen molar-refractivity contribution in [2.75, 3.05) is 5.73 Å². The molecular weight excluding hydrogens is 288 g/mol. The molecule has 0 saturated carbocycles. The van der Waals surface area contributed by atoms with Gasteiger partial charge in [0, 0.05) is 11.3 Å². The highest BCUT2D eigenvalue weighted by atomic mass is 32.1. The van der Waals surface area contributed by atoms with E-state index in [0.717, 1.165) is 5.56 Å². The van der Waals surface area contributed by atoms with Gasteiger partial charge in [0.25, 0.3) is 5.56 Å². The molecule has 0 bridgehead atoms. The van der Waals surface area contributed by atoms with Crippen LogP contribution in [0.4, 0.5) is 5.69 Å². The second-order valence-electron chi connectivity index (χ2n) is 4.59. The van der Waals surface area contributed by atoms with Crippen molar-refractivity contribution in [2.24, 2.45) is 5.73 Å². The summed E-state index contributed by atoms with van der Waals surface area (Å²) in [7, 11) is 0. The third kappa shape index (κ3) is 2.38. The van der Waals surface area contributed by atoms with Crippen LogP contribution in [-0.2, 0) is 6.54 Å². The Kier molecular flexibility index (Phi) is 3.19. The molecular formula is C14H12N4O2S. The van der Waals surface area contributed by atoms with Crippen LogP contribution in [0.15, 0.2) is 40.8 Å². The molecule has 0 unspecified atom stereocenters. The minimum Gasteiger partial charge on any atom is -0.398 e. The molecule has 0 aliphatic rings. The van der Waals surface area contributed by atoms with Crippen molar-refractivity contribution in [3.63, 3.8) is 0 Å². The van der Waals surface area contributed by atoms with E-state index in [2.05, 4.69) is 4.98 Å². The second kappa shape index (κ2) is 5.02. The zero-order valence-corrected chi connectivity index (χ0v) is 11.8. The first kappa shape index (κ1) is 13.3. The van der Waals surface area contributed by atoms with E-state index in [-0.39, 0.29) is 5.56 Å². The van der Waals surface area contributed by atoms with E-state index in [1.165, 1.54) is 28.3 Å². The van der Waals surface area contributed by atoms with Crippen molar-refractivity contribution in [1.82, 2.24) is 9.55 Å². The number of carbonyl (C=O) groups excluding carboxylic acids is 1. The molecule has 0 aliphatic heterocycles. The number of nitrogens with zero attached hydrogens (tertiary/aromatic N) is 2. The lowest BCUT2D eigenvalue weighted by Crippen LogP contribution is -2.21. The van der Waals surface area contributed by atoms with Gasteiger partial charge in [-0.15, -0.1) is 11.3 Å². The smallest absolute Gasteiger partial charge is 0.271 e. The fraction of sp³-hybridized carbons (Fsp3) is 0.0714. The molecule has 1 aromatic carbocycles. The van der Waals surface area contributed by atoms with Crippen molar-refractivity contribution in [1.29, 1.82) is 0 Å². The van der Waals surface area contributed by atoms with Crippen molar-refractivity contribution >= 4 is 33.1 Å². The number of aromatic nitrogens is 2. The monoisotopic (exact) mass is 300 g/mol. The third-order valence-corrected chi connectivity index (χ3v) is 4.10. The summed E-state index contributed by atoms with van der Waals surface area (Å²) in [6, 6.07) is 6.61. The van der Waals surface area contributed by atoms with E-state index in [4.69, 9.17) is 11.5 Å². The summed E-state index contributed by atoms with van der Waals surface area (Å²) in [6.45, 7) is 0.296. The van der Waals surface area contributed by atoms with Gasteiger partial charge in [-0.3, -0.25) is 14.2 Å². The molecule has 106 valence electrons. The predicted molar refractivity (Wildman–Crippen MR) is 82.4 cm³/mol. The average molecular weight is 300 g/mol. The van der Waals surface area contributed by atoms with Gasteiger partial charge in [-0.1, -0.05) is 6.07 Å². The van der Waals surface area contributed by atoms with Gasteiger partial charge in [0.05, 0.1) is 18.4 Å². The number of primary amides is 1. The van der Waals surface area contributed by atoms with Gasteiger partial charge in [-0.2, -0.15) is 0 Å². The number of rotatable bonds is 3. The van der Waals surface area contributed by atoms with Crippen LogP contribution in [0.3, 0.4) is 0 Å². The Morgan fingerprint density at radius 3 is 2.86 bits per heavy atom. The summed E-state index contributed by atoms with van der Waals surface area (Å²) in [5, 5.41) is 1.83. The summed E-state index contributed by atoms with van der Waals surface area (Å²) in [6.07, 6.45) is 1.50. The highest BCUT2D eigenvalue weighted by Crippen LogP contribution is 2.17. The number of anilines is 1. The number of nitrogens with two attached hydrogens (primary N) is 2. The maximum atomic E-state index is 12.3. The normalized spacial score (nSPS) is 10.9. The lowest BCUT2D eigenvalue weighted by Gasteiger charge is -2.09. The van der Waals surface area contributed by atoms with Crippen molar-refractivity contribution in [3.05, 3.63) is 57.5 Å². The molecule has 0 atom stereocenters. The molecule has 4 N–H and O–H groups in total. The molecule has 3 rings (SSSR count). The summed E-state index contributed by atoms with van der Waals surface area (Å²) in [5.74, 6) is -0.535. The molecule has 0 radical (unpaired) electrons. The summed E-state index contributed by atoms with van der Waals surface area (Å²) >= 11 is 1.36. The van der Waals surface area contributed by atoms with Crippen LogP contribution >= 0.6 is 11.3 Å². The fourth-order valence-electron chi connectivity index (χ4n) is 2.07. The van der Waals surface area contributed by atoms with Gasteiger partial charge in [0.15, 0.2) is 0 Å². The van der Waals surface area contributed by atoms with Crippen LogP contribution in [0.2, 0.25) is 0 Å². The first-order chi connectivity index (χ1) is 10.1. The molecule has 6 nitrogen and oxygen atoms in total. The predicted octanol–water partition coefficient (Wildman–Crippen LogP) is 1.19. The lowest BCUT2D eigenvalue weighted by atomic mass is 10.1. The highest BCUT2D eigenvalue weighted by molar-refractivity contribution is 7.17. The van der Waals surface area contributed by atoms with Crippen LogP contribution in [0, 0.1) is 0 Å². The van der Waals surface area contributed by atoms with Crippen molar-refractivity contribution < 1.29 is 4.79 Å². The Labute approximate surface area is 123 Å². The van der Waals surface area contributed by atoms with E-state index in [1.54, 1.807) is 12.1 Å². The van der Waals surface area contributed by atoms with E-state index in [0.29, 0.717) is 28.0 Å². The van der Waals surface area contributed by atoms with Crippen LogP contribution in [0.5, 0.6) is 0 Å². The molecule has 21 heavy (non-hydrogen) atoms. The highest BCUT2D eigenvalue weighted by Gasteiger charge is 2.09. The van der Waals surface area contributed by atoms with Crippen LogP contribution in [0.25, 0.3) is 10.2 Å². The number of nitrogen functional groups attached to an aromatic ring is 1. The molecule has 3 aromatic rings. The number of carbonyl (C=O) groups is 1. The Morgan fingerprint density at radius 2 is 2.14 bits per heavy atom. The molecule has 7 heteroatoms. The van der Waals surface area contributed by atoms with Crippen LogP contribution in [0.1, 0.15) is 15.9 Å². The Bertz CT molecular complexity index is 897. The summed E-state index contributed by atoms with van der Waals surface area (Å²) in [4.78, 5) is 27.6. The van der Waals surface area contributed by atoms with E-state index >= 15 is 0 Å². The number of thiophene rings is 1. The van der Waals surface area contributed by atoms with Gasteiger partial charge < -0.3 is 11.5 Å². The molecule has 0 saturated heterocycles. The minimum atomic E-state index is -0.535. The summed E-state index contributed by atoms with van der Waals surface area (Å²) in [5.41, 5.74) is 13.2. The fourth-order valence-corrected chi connectivity index (χ4v) is 2.86. The van der Waals surface area contributed by atoms with Crippen molar-refractivity contribution in [2.45, 2.75) is 6.54 Å². The van der Waals surface area contributed by atoms with E-state index in [9.17, 15) is 9.59 Å². The van der Waals surface area contributed by atoms with Gasteiger partial charge in [0.2, 0.25) is 5.91 Å². The molecule has 1 amide bonds. The molecule has 2 aromatic heterocycles. The maximum absolute atomic E-state index is 12.3. The van der Waals surface area contributed by atoms with E-state index in [1.807, 2.05) is 11.4 Å². The number of benzene rings is 1. The Morgan fingerprint density at radius 1 is 1.33 bits per heavy atom. The SMILES string of the molecule is NC(=O)c1ccc(Cn2cnc3ccsc3c2=O)c(N)c1. The Hall–Kier alpha value is -2.67. The first-order valence-electron chi connectivity index (χ1n) is 6.17. The zero-order valence-electron chi connectivity index (χ0n) is 10.9. The van der Waals surface area contributed by atoms with Gasteiger partial charge in [-0.25, -0.2) is 4.98 Å². The van der Waals surface area contributed by atoms with Gasteiger partial charge in [0.1, 0.15) is 4.70 Å². The standard InChI is InChI=1S/C14H12N4O2S/c15-10-5-8(13(16)19)1-2-9(10)6-18-7-17-11-3-4-21-12(11)14(18)20/h1-5,7H,6,15H2,(H2,16,19). The number of hydrogen-bond acceptors (Lipinski definition) is 5. The number of fused-ring (bicyclic) bond motifs is 1. The zero-order chi connectivity index (χ0) is 15.0. The van der Waals surface area contributed by atoms with Gasteiger partial charge >= 0.3 is 0 Å². The average Bonchev–Trinajstić information content (AvgIpc) is 2.93. The maximum Gasteiger partial charge on any atom is 0.271 e. The molecule has 2 heterocycles. The van der Waals surface area contributed by atoms with Crippen LogP contribution in [-0.4, -0.2) is 15.5 Å². The van der Waals surface area contributed by atoms with Crippen molar-refractivity contribution in [3.8, 4) is 0 Å². The number of amides is 1. The summed E-state index contributed by atoms with van der Waals surface area (Å²) < 4.78 is 2.11. The number of hydrogen-bond donors (Lipinski definition) is 2.